The number of carbonyl (C=O) groups is 2. The summed E-state index contributed by atoms with van der Waals surface area (Å²) in [6.07, 6.45) is 7.71. The van der Waals surface area contributed by atoms with Crippen LogP contribution >= 0.6 is 0 Å². The maximum atomic E-state index is 12.4. The lowest BCUT2D eigenvalue weighted by Gasteiger charge is -2.50. The Hall–Kier alpha value is -1.06. The summed E-state index contributed by atoms with van der Waals surface area (Å²) in [5.74, 6) is -1.32. The predicted octanol–water partition coefficient (Wildman–Crippen LogP) is 5.36. The molecule has 0 aromatic carbocycles. The van der Waals surface area contributed by atoms with Crippen LogP contribution in [0.2, 0.25) is 0 Å². The van der Waals surface area contributed by atoms with E-state index in [-0.39, 0.29) is 5.92 Å². The molecule has 1 fully saturated rings. The maximum Gasteiger partial charge on any atom is 0.310 e. The molecular formula is C20H36O4. The van der Waals surface area contributed by atoms with Crippen LogP contribution in [0.1, 0.15) is 91.9 Å². The third-order valence-electron chi connectivity index (χ3n) is 6.13. The van der Waals surface area contributed by atoms with E-state index in [9.17, 15) is 19.8 Å². The van der Waals surface area contributed by atoms with Crippen LogP contribution in [0.15, 0.2) is 0 Å². The summed E-state index contributed by atoms with van der Waals surface area (Å²) in [6.45, 7) is 8.24. The molecule has 0 aromatic rings. The molecule has 4 nitrogen and oxygen atoms in total. The van der Waals surface area contributed by atoms with E-state index in [1.54, 1.807) is 0 Å². The second kappa shape index (κ2) is 8.87. The third-order valence-corrected chi connectivity index (χ3v) is 6.13. The van der Waals surface area contributed by atoms with Crippen molar-refractivity contribution in [1.29, 1.82) is 0 Å². The molecule has 0 saturated heterocycles. The van der Waals surface area contributed by atoms with Crippen molar-refractivity contribution in [2.45, 2.75) is 91.9 Å². The number of rotatable bonds is 10. The van der Waals surface area contributed by atoms with Crippen molar-refractivity contribution in [2.24, 2.45) is 22.7 Å². The zero-order chi connectivity index (χ0) is 18.4. The van der Waals surface area contributed by atoms with E-state index in [2.05, 4.69) is 13.8 Å². The van der Waals surface area contributed by atoms with Crippen molar-refractivity contribution < 1.29 is 19.8 Å². The van der Waals surface area contributed by atoms with Gasteiger partial charge in [-0.05, 0) is 37.5 Å². The summed E-state index contributed by atoms with van der Waals surface area (Å²) < 4.78 is 0. The Morgan fingerprint density at radius 2 is 1.46 bits per heavy atom. The molecule has 0 spiro atoms. The number of carboxylic acid groups (broad SMARTS) is 2. The summed E-state index contributed by atoms with van der Waals surface area (Å²) in [6, 6.07) is 0. The first-order valence-corrected chi connectivity index (χ1v) is 9.72. The largest absolute Gasteiger partial charge is 0.481 e. The van der Waals surface area contributed by atoms with E-state index < -0.39 is 22.8 Å². The number of carboxylic acids is 2. The van der Waals surface area contributed by atoms with Crippen LogP contribution < -0.4 is 0 Å². The van der Waals surface area contributed by atoms with Gasteiger partial charge in [0.2, 0.25) is 0 Å². The Labute approximate surface area is 147 Å². The topological polar surface area (TPSA) is 74.6 Å². The van der Waals surface area contributed by atoms with Crippen LogP contribution in [0.3, 0.4) is 0 Å². The van der Waals surface area contributed by atoms with Crippen LogP contribution in [-0.4, -0.2) is 22.2 Å². The van der Waals surface area contributed by atoms with Crippen molar-refractivity contribution in [3.8, 4) is 0 Å². The van der Waals surface area contributed by atoms with E-state index >= 15 is 0 Å². The molecule has 3 atom stereocenters. The van der Waals surface area contributed by atoms with Gasteiger partial charge in [0, 0.05) is 0 Å². The molecule has 2 N–H and O–H groups in total. The molecule has 1 rings (SSSR count). The van der Waals surface area contributed by atoms with E-state index in [1.165, 1.54) is 0 Å². The normalized spacial score (nSPS) is 28.7. The van der Waals surface area contributed by atoms with E-state index in [1.807, 2.05) is 13.8 Å². The Kier molecular flexibility index (Phi) is 7.75. The molecule has 1 aliphatic carbocycles. The average molecular weight is 341 g/mol. The molecule has 1 saturated carbocycles. The number of unbranched alkanes of at least 4 members (excludes halogenated alkanes) is 1. The summed E-state index contributed by atoms with van der Waals surface area (Å²) in [7, 11) is 0. The standard InChI is InChI=1S/C20H36O4/c1-5-7-10-16(6-2)14-20(18(23)24)12-9-8-11-19(20,17(21)22)13-15(3)4/h15-16H,5-14H2,1-4H3,(H,21,22)(H,23,24). The van der Waals surface area contributed by atoms with Gasteiger partial charge < -0.3 is 10.2 Å². The van der Waals surface area contributed by atoms with Crippen molar-refractivity contribution in [2.75, 3.05) is 0 Å². The van der Waals surface area contributed by atoms with Gasteiger partial charge in [0.25, 0.3) is 0 Å². The van der Waals surface area contributed by atoms with Gasteiger partial charge in [-0.3, -0.25) is 9.59 Å². The molecule has 0 radical (unpaired) electrons. The first-order chi connectivity index (χ1) is 11.3. The summed E-state index contributed by atoms with van der Waals surface area (Å²) >= 11 is 0. The molecule has 4 heteroatoms. The first-order valence-electron chi connectivity index (χ1n) is 9.72. The van der Waals surface area contributed by atoms with Crippen LogP contribution in [0, 0.1) is 22.7 Å². The molecule has 140 valence electrons. The maximum absolute atomic E-state index is 12.4. The summed E-state index contributed by atoms with van der Waals surface area (Å²) in [5.41, 5.74) is -2.24. The summed E-state index contributed by atoms with van der Waals surface area (Å²) in [5, 5.41) is 20.3. The molecule has 24 heavy (non-hydrogen) atoms. The fourth-order valence-electron chi connectivity index (χ4n) is 4.86. The molecule has 0 aromatic heterocycles. The SMILES string of the molecule is CCCCC(CC)CC1(C(=O)O)CCCCC1(CC(C)C)C(=O)O. The molecule has 0 heterocycles. The minimum absolute atomic E-state index is 0.175. The van der Waals surface area contributed by atoms with Crippen molar-refractivity contribution >= 4 is 11.9 Å². The minimum atomic E-state index is -1.12. The fourth-order valence-corrected chi connectivity index (χ4v) is 4.86. The molecule has 0 bridgehead atoms. The number of hydrogen-bond donors (Lipinski definition) is 2. The molecular weight excluding hydrogens is 304 g/mol. The van der Waals surface area contributed by atoms with Gasteiger partial charge in [-0.15, -0.1) is 0 Å². The molecule has 3 unspecified atom stereocenters. The van der Waals surface area contributed by atoms with E-state index in [0.29, 0.717) is 31.6 Å². The van der Waals surface area contributed by atoms with Crippen LogP contribution in [0.5, 0.6) is 0 Å². The van der Waals surface area contributed by atoms with Gasteiger partial charge in [-0.1, -0.05) is 66.2 Å². The Morgan fingerprint density at radius 3 is 1.83 bits per heavy atom. The van der Waals surface area contributed by atoms with Crippen molar-refractivity contribution in [1.82, 2.24) is 0 Å². The first kappa shape index (κ1) is 21.0. The quantitative estimate of drug-likeness (QED) is 0.562. The van der Waals surface area contributed by atoms with Gasteiger partial charge in [-0.25, -0.2) is 0 Å². The molecule has 0 amide bonds. The monoisotopic (exact) mass is 340 g/mol. The lowest BCUT2D eigenvalue weighted by Crippen LogP contribution is -2.56. The van der Waals surface area contributed by atoms with Crippen LogP contribution in [-0.2, 0) is 9.59 Å². The second-order valence-corrected chi connectivity index (χ2v) is 8.20. The van der Waals surface area contributed by atoms with Gasteiger partial charge in [0.15, 0.2) is 0 Å². The zero-order valence-corrected chi connectivity index (χ0v) is 15.9. The predicted molar refractivity (Wildman–Crippen MR) is 96.0 cm³/mol. The third kappa shape index (κ3) is 4.12. The highest BCUT2D eigenvalue weighted by Crippen LogP contribution is 2.58. The average Bonchev–Trinajstić information content (AvgIpc) is 2.51. The fraction of sp³-hybridized carbons (Fsp3) is 0.900. The van der Waals surface area contributed by atoms with Gasteiger partial charge in [-0.2, -0.15) is 0 Å². The van der Waals surface area contributed by atoms with E-state index in [4.69, 9.17) is 0 Å². The summed E-state index contributed by atoms with van der Waals surface area (Å²) in [4.78, 5) is 24.8. The minimum Gasteiger partial charge on any atom is -0.481 e. The number of aliphatic carboxylic acids is 2. The highest BCUT2D eigenvalue weighted by atomic mass is 16.4. The van der Waals surface area contributed by atoms with Crippen LogP contribution in [0.25, 0.3) is 0 Å². The molecule has 0 aliphatic heterocycles. The Morgan fingerprint density at radius 1 is 0.958 bits per heavy atom. The lowest BCUT2D eigenvalue weighted by atomic mass is 9.50. The van der Waals surface area contributed by atoms with Crippen molar-refractivity contribution in [3.05, 3.63) is 0 Å². The Bertz CT molecular complexity index is 431. The molecule has 1 aliphatic rings. The highest BCUT2D eigenvalue weighted by molar-refractivity contribution is 5.87. The highest BCUT2D eigenvalue weighted by Gasteiger charge is 2.62. The smallest absolute Gasteiger partial charge is 0.310 e. The van der Waals surface area contributed by atoms with Gasteiger partial charge >= 0.3 is 11.9 Å². The van der Waals surface area contributed by atoms with Gasteiger partial charge in [0.05, 0.1) is 10.8 Å². The lowest BCUT2D eigenvalue weighted by molar-refractivity contribution is -0.184. The zero-order valence-electron chi connectivity index (χ0n) is 15.9. The second-order valence-electron chi connectivity index (χ2n) is 8.20. The van der Waals surface area contributed by atoms with Crippen molar-refractivity contribution in [3.63, 3.8) is 0 Å². The van der Waals surface area contributed by atoms with Crippen LogP contribution in [0.4, 0.5) is 0 Å². The van der Waals surface area contributed by atoms with E-state index in [0.717, 1.165) is 38.5 Å². The Balaban J connectivity index is 3.30. The number of hydrogen-bond acceptors (Lipinski definition) is 2. The van der Waals surface area contributed by atoms with Gasteiger partial charge in [0.1, 0.15) is 0 Å².